The summed E-state index contributed by atoms with van der Waals surface area (Å²) >= 11 is 0. The van der Waals surface area contributed by atoms with E-state index in [-0.39, 0.29) is 0 Å². The highest BCUT2D eigenvalue weighted by molar-refractivity contribution is 4.81. The average Bonchev–Trinajstić information content (AvgIpc) is 2.78. The Balaban J connectivity index is 3.04. The third-order valence-corrected chi connectivity index (χ3v) is 6.62. The van der Waals surface area contributed by atoms with Gasteiger partial charge in [-0.1, -0.05) is 153 Å². The van der Waals surface area contributed by atoms with Crippen molar-refractivity contribution in [3.8, 4) is 0 Å². The quantitative estimate of drug-likeness (QED) is 0.0941. The standard InChI is InChI=1S/C31H60/c1-3-5-7-9-11-13-15-17-19-21-23-25-27-29-31-30-28-26-24-22-20-18-16-14-12-10-8-6-4-2/h3,5,14,16H,4,6-13,15,17-31H2,1-2H3/b5-3+,16-14+. The van der Waals surface area contributed by atoms with Crippen molar-refractivity contribution in [3.05, 3.63) is 24.3 Å². The molecule has 0 heteroatoms. The number of rotatable bonds is 26. The molecule has 0 saturated carbocycles. The van der Waals surface area contributed by atoms with E-state index < -0.39 is 0 Å². The Morgan fingerprint density at radius 1 is 0.323 bits per heavy atom. The molecule has 0 spiro atoms. The highest BCUT2D eigenvalue weighted by Gasteiger charge is 1.95. The molecule has 0 aliphatic carbocycles. The Kier molecular flexibility index (Phi) is 29.0. The molecule has 0 saturated heterocycles. The maximum atomic E-state index is 2.43. The van der Waals surface area contributed by atoms with Gasteiger partial charge < -0.3 is 0 Å². The molecule has 0 N–H and O–H groups in total. The monoisotopic (exact) mass is 432 g/mol. The molecule has 184 valence electrons. The lowest BCUT2D eigenvalue weighted by molar-refractivity contribution is 0.524. The van der Waals surface area contributed by atoms with Crippen LogP contribution in [0.4, 0.5) is 0 Å². The van der Waals surface area contributed by atoms with Crippen molar-refractivity contribution in [1.29, 1.82) is 0 Å². The van der Waals surface area contributed by atoms with Crippen LogP contribution >= 0.6 is 0 Å². The lowest BCUT2D eigenvalue weighted by Gasteiger charge is -2.04. The molecular weight excluding hydrogens is 372 g/mol. The Morgan fingerprint density at radius 3 is 0.871 bits per heavy atom. The van der Waals surface area contributed by atoms with Crippen molar-refractivity contribution in [3.63, 3.8) is 0 Å². The number of unbranched alkanes of at least 4 members (excludes halogenated alkanes) is 23. The lowest BCUT2D eigenvalue weighted by Crippen LogP contribution is -1.84. The van der Waals surface area contributed by atoms with Crippen LogP contribution in [0.15, 0.2) is 24.3 Å². The molecule has 0 unspecified atom stereocenters. The largest absolute Gasteiger partial charge is 0.0917 e. The number of hydrogen-bond acceptors (Lipinski definition) is 0. The highest BCUT2D eigenvalue weighted by Crippen LogP contribution is 2.15. The van der Waals surface area contributed by atoms with E-state index in [1.807, 2.05) is 0 Å². The van der Waals surface area contributed by atoms with Crippen LogP contribution in [0.3, 0.4) is 0 Å². The molecule has 0 amide bonds. The molecule has 0 fully saturated rings. The fourth-order valence-corrected chi connectivity index (χ4v) is 4.44. The molecule has 0 heterocycles. The van der Waals surface area contributed by atoms with Gasteiger partial charge in [0.2, 0.25) is 0 Å². The van der Waals surface area contributed by atoms with Gasteiger partial charge in [-0.3, -0.25) is 0 Å². The van der Waals surface area contributed by atoms with Crippen molar-refractivity contribution in [2.75, 3.05) is 0 Å². The first-order valence-corrected chi connectivity index (χ1v) is 14.7. The number of allylic oxidation sites excluding steroid dienone is 4. The second-order valence-corrected chi connectivity index (χ2v) is 9.83. The summed E-state index contributed by atoms with van der Waals surface area (Å²) in [5, 5.41) is 0. The van der Waals surface area contributed by atoms with E-state index in [1.165, 1.54) is 161 Å². The van der Waals surface area contributed by atoms with E-state index >= 15 is 0 Å². The molecule has 0 aromatic rings. The van der Waals surface area contributed by atoms with Crippen molar-refractivity contribution in [1.82, 2.24) is 0 Å². The van der Waals surface area contributed by atoms with Crippen LogP contribution in [-0.2, 0) is 0 Å². The molecule has 0 radical (unpaired) electrons. The maximum Gasteiger partial charge on any atom is -0.0351 e. The van der Waals surface area contributed by atoms with Gasteiger partial charge in [0, 0.05) is 0 Å². The molecule has 0 nitrogen and oxygen atoms in total. The topological polar surface area (TPSA) is 0 Å². The first-order valence-electron chi connectivity index (χ1n) is 14.7. The summed E-state index contributed by atoms with van der Waals surface area (Å²) in [6.07, 6.45) is 45.1. The fourth-order valence-electron chi connectivity index (χ4n) is 4.44. The third kappa shape index (κ3) is 29.5. The van der Waals surface area contributed by atoms with Gasteiger partial charge in [-0.05, 0) is 45.4 Å². The summed E-state index contributed by atoms with van der Waals surface area (Å²) in [6.45, 7) is 4.41. The first kappa shape index (κ1) is 30.5. The van der Waals surface area contributed by atoms with Gasteiger partial charge in [0.25, 0.3) is 0 Å². The molecule has 0 atom stereocenters. The van der Waals surface area contributed by atoms with E-state index in [0.29, 0.717) is 0 Å². The zero-order valence-corrected chi connectivity index (χ0v) is 22.0. The zero-order valence-electron chi connectivity index (χ0n) is 22.0. The van der Waals surface area contributed by atoms with Gasteiger partial charge in [-0.25, -0.2) is 0 Å². The smallest absolute Gasteiger partial charge is 0.0351 e. The highest BCUT2D eigenvalue weighted by atomic mass is 14.0. The maximum absolute atomic E-state index is 2.43. The Bertz CT molecular complexity index is 351. The van der Waals surface area contributed by atoms with E-state index in [9.17, 15) is 0 Å². The normalized spacial score (nSPS) is 11.9. The summed E-state index contributed by atoms with van der Waals surface area (Å²) in [7, 11) is 0. The minimum Gasteiger partial charge on any atom is -0.0917 e. The van der Waals surface area contributed by atoms with Crippen LogP contribution in [0.1, 0.15) is 174 Å². The minimum absolute atomic E-state index is 1.29. The van der Waals surface area contributed by atoms with Gasteiger partial charge in [0.05, 0.1) is 0 Å². The Labute approximate surface area is 198 Å². The van der Waals surface area contributed by atoms with Crippen LogP contribution in [0, 0.1) is 0 Å². The van der Waals surface area contributed by atoms with Crippen LogP contribution in [0.25, 0.3) is 0 Å². The summed E-state index contributed by atoms with van der Waals surface area (Å²) in [5.74, 6) is 0. The molecule has 0 rings (SSSR count). The molecule has 0 aromatic carbocycles. The van der Waals surface area contributed by atoms with E-state index in [1.54, 1.807) is 0 Å². The van der Waals surface area contributed by atoms with Gasteiger partial charge in [0.15, 0.2) is 0 Å². The SMILES string of the molecule is C/C=C/CCCCCCCCCCCCCCCCCCCC/C=C/CCCCCC. The first-order chi connectivity index (χ1) is 15.4. The summed E-state index contributed by atoms with van der Waals surface area (Å²) < 4.78 is 0. The molecular formula is C31H60. The van der Waals surface area contributed by atoms with Crippen LogP contribution < -0.4 is 0 Å². The zero-order chi connectivity index (χ0) is 22.5. The molecule has 0 aliphatic heterocycles. The molecule has 0 bridgehead atoms. The summed E-state index contributed by atoms with van der Waals surface area (Å²) in [6, 6.07) is 0. The van der Waals surface area contributed by atoms with E-state index in [4.69, 9.17) is 0 Å². The van der Waals surface area contributed by atoms with Crippen molar-refractivity contribution in [2.45, 2.75) is 174 Å². The second-order valence-electron chi connectivity index (χ2n) is 9.83. The van der Waals surface area contributed by atoms with Gasteiger partial charge >= 0.3 is 0 Å². The minimum atomic E-state index is 1.29. The fraction of sp³-hybridized carbons (Fsp3) is 0.871. The Morgan fingerprint density at radius 2 is 0.581 bits per heavy atom. The predicted octanol–water partition coefficient (Wildman–Crippen LogP) is 11.9. The van der Waals surface area contributed by atoms with Crippen LogP contribution in [0.2, 0.25) is 0 Å². The van der Waals surface area contributed by atoms with Gasteiger partial charge in [-0.2, -0.15) is 0 Å². The van der Waals surface area contributed by atoms with Crippen LogP contribution in [-0.4, -0.2) is 0 Å². The summed E-state index contributed by atoms with van der Waals surface area (Å²) in [5.41, 5.74) is 0. The molecule has 31 heavy (non-hydrogen) atoms. The van der Waals surface area contributed by atoms with Gasteiger partial charge in [0.1, 0.15) is 0 Å². The third-order valence-electron chi connectivity index (χ3n) is 6.62. The van der Waals surface area contributed by atoms with Crippen molar-refractivity contribution in [2.24, 2.45) is 0 Å². The second kappa shape index (κ2) is 29.5. The average molecular weight is 433 g/mol. The predicted molar refractivity (Wildman–Crippen MR) is 145 cm³/mol. The van der Waals surface area contributed by atoms with Crippen LogP contribution in [0.5, 0.6) is 0 Å². The number of hydrogen-bond donors (Lipinski definition) is 0. The Hall–Kier alpha value is -0.520. The van der Waals surface area contributed by atoms with Crippen molar-refractivity contribution < 1.29 is 0 Å². The van der Waals surface area contributed by atoms with Gasteiger partial charge in [-0.15, -0.1) is 0 Å². The molecule has 0 aliphatic rings. The summed E-state index contributed by atoms with van der Waals surface area (Å²) in [4.78, 5) is 0. The van der Waals surface area contributed by atoms with Crippen molar-refractivity contribution >= 4 is 0 Å². The molecule has 0 aromatic heterocycles. The van der Waals surface area contributed by atoms with E-state index in [0.717, 1.165) is 0 Å². The lowest BCUT2D eigenvalue weighted by atomic mass is 10.0. The van der Waals surface area contributed by atoms with E-state index in [2.05, 4.69) is 38.2 Å².